The van der Waals surface area contributed by atoms with Crippen molar-refractivity contribution in [1.82, 2.24) is 10.2 Å². The van der Waals surface area contributed by atoms with E-state index < -0.39 is 0 Å². The van der Waals surface area contributed by atoms with Crippen molar-refractivity contribution in [2.24, 2.45) is 5.92 Å². The monoisotopic (exact) mass is 272 g/mol. The lowest BCUT2D eigenvalue weighted by Gasteiger charge is -2.18. The third-order valence-corrected chi connectivity index (χ3v) is 4.63. The van der Waals surface area contributed by atoms with Crippen LogP contribution in [-0.2, 0) is 4.79 Å². The summed E-state index contributed by atoms with van der Waals surface area (Å²) in [6.45, 7) is 4.73. The fourth-order valence-electron chi connectivity index (χ4n) is 3.19. The molecule has 1 aliphatic heterocycles. The van der Waals surface area contributed by atoms with E-state index in [-0.39, 0.29) is 5.91 Å². The van der Waals surface area contributed by atoms with Gasteiger partial charge in [-0.15, -0.1) is 0 Å². The van der Waals surface area contributed by atoms with Gasteiger partial charge in [-0.25, -0.2) is 0 Å². The van der Waals surface area contributed by atoms with Gasteiger partial charge in [-0.3, -0.25) is 9.69 Å². The molecule has 0 spiro atoms. The Hall–Kier alpha value is -1.35. The van der Waals surface area contributed by atoms with Crippen LogP contribution in [-0.4, -0.2) is 36.5 Å². The number of nitrogens with one attached hydrogen (secondary N) is 1. The van der Waals surface area contributed by atoms with Gasteiger partial charge in [-0.05, 0) is 50.1 Å². The highest BCUT2D eigenvalue weighted by molar-refractivity contribution is 5.78. The zero-order chi connectivity index (χ0) is 13.9. The van der Waals surface area contributed by atoms with Crippen molar-refractivity contribution in [3.05, 3.63) is 35.9 Å². The molecule has 3 heteroatoms. The SMILES string of the molecule is C[C@H](NC(=O)CN1CC[C@H](c2ccccc2)C1)C1CC1. The summed E-state index contributed by atoms with van der Waals surface area (Å²) in [5, 5.41) is 3.14. The summed E-state index contributed by atoms with van der Waals surface area (Å²) in [5.74, 6) is 1.51. The minimum atomic E-state index is 0.193. The molecule has 1 aromatic rings. The van der Waals surface area contributed by atoms with Gasteiger partial charge in [-0.2, -0.15) is 0 Å². The van der Waals surface area contributed by atoms with Gasteiger partial charge in [-0.1, -0.05) is 30.3 Å². The van der Waals surface area contributed by atoms with Crippen LogP contribution in [0.3, 0.4) is 0 Å². The molecule has 1 aromatic carbocycles. The van der Waals surface area contributed by atoms with Crippen LogP contribution in [0.1, 0.15) is 37.7 Å². The van der Waals surface area contributed by atoms with Crippen molar-refractivity contribution in [2.45, 2.75) is 38.1 Å². The highest BCUT2D eigenvalue weighted by Gasteiger charge is 2.30. The lowest BCUT2D eigenvalue weighted by Crippen LogP contribution is -2.41. The van der Waals surface area contributed by atoms with E-state index in [0.717, 1.165) is 25.4 Å². The summed E-state index contributed by atoms with van der Waals surface area (Å²) < 4.78 is 0. The molecule has 2 aliphatic rings. The molecule has 0 radical (unpaired) electrons. The Bertz CT molecular complexity index is 455. The molecule has 0 bridgehead atoms. The van der Waals surface area contributed by atoms with Crippen LogP contribution in [0.25, 0.3) is 0 Å². The Morgan fingerprint density at radius 1 is 1.30 bits per heavy atom. The van der Waals surface area contributed by atoms with Gasteiger partial charge in [0.15, 0.2) is 0 Å². The quantitative estimate of drug-likeness (QED) is 0.892. The van der Waals surface area contributed by atoms with E-state index in [9.17, 15) is 4.79 Å². The first kappa shape index (κ1) is 13.6. The zero-order valence-corrected chi connectivity index (χ0v) is 12.2. The molecule has 3 nitrogen and oxygen atoms in total. The summed E-state index contributed by atoms with van der Waals surface area (Å²) in [4.78, 5) is 14.3. The molecule has 1 saturated carbocycles. The number of amides is 1. The average molecular weight is 272 g/mol. The lowest BCUT2D eigenvalue weighted by atomic mass is 9.99. The number of nitrogens with zero attached hydrogens (tertiary/aromatic N) is 1. The number of hydrogen-bond acceptors (Lipinski definition) is 2. The zero-order valence-electron chi connectivity index (χ0n) is 12.2. The van der Waals surface area contributed by atoms with Gasteiger partial charge in [0, 0.05) is 12.6 Å². The molecular weight excluding hydrogens is 248 g/mol. The maximum atomic E-state index is 12.0. The molecule has 1 N–H and O–H groups in total. The Morgan fingerprint density at radius 2 is 2.05 bits per heavy atom. The van der Waals surface area contributed by atoms with Crippen LogP contribution in [0, 0.1) is 5.92 Å². The smallest absolute Gasteiger partial charge is 0.234 e. The second kappa shape index (κ2) is 5.96. The fourth-order valence-corrected chi connectivity index (χ4v) is 3.19. The normalized spacial score (nSPS) is 24.6. The van der Waals surface area contributed by atoms with Gasteiger partial charge in [0.1, 0.15) is 0 Å². The second-order valence-corrected chi connectivity index (χ2v) is 6.33. The number of carbonyl (C=O) groups is 1. The molecule has 2 atom stereocenters. The van der Waals surface area contributed by atoms with E-state index in [0.29, 0.717) is 18.5 Å². The largest absolute Gasteiger partial charge is 0.352 e. The Morgan fingerprint density at radius 3 is 2.75 bits per heavy atom. The lowest BCUT2D eigenvalue weighted by molar-refractivity contribution is -0.122. The van der Waals surface area contributed by atoms with E-state index in [1.165, 1.54) is 18.4 Å². The van der Waals surface area contributed by atoms with Gasteiger partial charge < -0.3 is 5.32 Å². The van der Waals surface area contributed by atoms with Gasteiger partial charge in [0.2, 0.25) is 5.91 Å². The maximum Gasteiger partial charge on any atom is 0.234 e. The number of carbonyl (C=O) groups excluding carboxylic acids is 1. The molecule has 3 rings (SSSR count). The predicted molar refractivity (Wildman–Crippen MR) is 80.6 cm³/mol. The highest BCUT2D eigenvalue weighted by atomic mass is 16.2. The molecule has 0 unspecified atom stereocenters. The molecule has 1 amide bonds. The van der Waals surface area contributed by atoms with Crippen molar-refractivity contribution in [1.29, 1.82) is 0 Å². The number of hydrogen-bond donors (Lipinski definition) is 1. The third kappa shape index (κ3) is 3.40. The Kier molecular flexibility index (Phi) is 4.06. The maximum absolute atomic E-state index is 12.0. The molecule has 1 heterocycles. The van der Waals surface area contributed by atoms with Crippen LogP contribution < -0.4 is 5.32 Å². The van der Waals surface area contributed by atoms with E-state index in [1.807, 2.05) is 0 Å². The molecule has 108 valence electrons. The molecule has 0 aromatic heterocycles. The van der Waals surface area contributed by atoms with Crippen LogP contribution in [0.2, 0.25) is 0 Å². The molecular formula is C17H24N2O. The average Bonchev–Trinajstić information content (AvgIpc) is 3.21. The molecule has 20 heavy (non-hydrogen) atoms. The van der Waals surface area contributed by atoms with Gasteiger partial charge in [0.05, 0.1) is 6.54 Å². The third-order valence-electron chi connectivity index (χ3n) is 4.63. The van der Waals surface area contributed by atoms with E-state index in [4.69, 9.17) is 0 Å². The van der Waals surface area contributed by atoms with Crippen LogP contribution >= 0.6 is 0 Å². The number of likely N-dealkylation sites (tertiary alicyclic amines) is 1. The minimum Gasteiger partial charge on any atom is -0.352 e. The summed E-state index contributed by atoms with van der Waals surface area (Å²) in [7, 11) is 0. The molecule has 2 fully saturated rings. The fraction of sp³-hybridized carbons (Fsp3) is 0.588. The Balaban J connectivity index is 1.46. The number of benzene rings is 1. The van der Waals surface area contributed by atoms with E-state index in [1.54, 1.807) is 0 Å². The van der Waals surface area contributed by atoms with Crippen molar-refractivity contribution < 1.29 is 4.79 Å². The minimum absolute atomic E-state index is 0.193. The topological polar surface area (TPSA) is 32.3 Å². The Labute approximate surface area is 121 Å². The first-order chi connectivity index (χ1) is 9.72. The first-order valence-electron chi connectivity index (χ1n) is 7.79. The highest BCUT2D eigenvalue weighted by Crippen LogP contribution is 2.32. The van der Waals surface area contributed by atoms with Crippen molar-refractivity contribution in [3.8, 4) is 0 Å². The molecule has 1 aliphatic carbocycles. The van der Waals surface area contributed by atoms with Crippen molar-refractivity contribution in [2.75, 3.05) is 19.6 Å². The van der Waals surface area contributed by atoms with Crippen LogP contribution in [0.15, 0.2) is 30.3 Å². The van der Waals surface area contributed by atoms with E-state index >= 15 is 0 Å². The van der Waals surface area contributed by atoms with Gasteiger partial charge >= 0.3 is 0 Å². The van der Waals surface area contributed by atoms with Crippen molar-refractivity contribution >= 4 is 5.91 Å². The first-order valence-corrected chi connectivity index (χ1v) is 7.79. The summed E-state index contributed by atoms with van der Waals surface area (Å²) >= 11 is 0. The predicted octanol–water partition coefficient (Wildman–Crippen LogP) is 2.39. The van der Waals surface area contributed by atoms with Crippen LogP contribution in [0.4, 0.5) is 0 Å². The van der Waals surface area contributed by atoms with Gasteiger partial charge in [0.25, 0.3) is 0 Å². The second-order valence-electron chi connectivity index (χ2n) is 6.33. The summed E-state index contributed by atoms with van der Waals surface area (Å²) in [5.41, 5.74) is 1.40. The summed E-state index contributed by atoms with van der Waals surface area (Å²) in [6, 6.07) is 11.0. The number of rotatable bonds is 5. The molecule has 1 saturated heterocycles. The summed E-state index contributed by atoms with van der Waals surface area (Å²) in [6.07, 6.45) is 3.72. The van der Waals surface area contributed by atoms with Crippen LogP contribution in [0.5, 0.6) is 0 Å². The van der Waals surface area contributed by atoms with E-state index in [2.05, 4.69) is 47.5 Å². The van der Waals surface area contributed by atoms with Crippen molar-refractivity contribution in [3.63, 3.8) is 0 Å². The standard InChI is InChI=1S/C17H24N2O/c1-13(14-7-8-14)18-17(20)12-19-10-9-16(11-19)15-5-3-2-4-6-15/h2-6,13-14,16H,7-12H2,1H3,(H,18,20)/t13-,16-/m0/s1.